The van der Waals surface area contributed by atoms with Gasteiger partial charge in [0.1, 0.15) is 0 Å². The van der Waals surface area contributed by atoms with Gasteiger partial charge in [0, 0.05) is 6.26 Å². The van der Waals surface area contributed by atoms with Crippen molar-refractivity contribution in [2.75, 3.05) is 18.2 Å². The molecule has 0 spiro atoms. The number of nitrogens with one attached hydrogen (secondary N) is 1. The first-order valence-electron chi connectivity index (χ1n) is 7.62. The van der Waals surface area contributed by atoms with Crippen molar-refractivity contribution in [2.45, 2.75) is 11.1 Å². The number of carbonyl (C=O) groups is 2. The summed E-state index contributed by atoms with van der Waals surface area (Å²) in [4.78, 5) is 23.8. The van der Waals surface area contributed by atoms with Gasteiger partial charge < -0.3 is 10.1 Å². The third-order valence-electron chi connectivity index (χ3n) is 3.49. The Morgan fingerprint density at radius 3 is 2.28 bits per heavy atom. The van der Waals surface area contributed by atoms with Gasteiger partial charge in [-0.15, -0.1) is 0 Å². The molecule has 12 heteroatoms. The van der Waals surface area contributed by atoms with Crippen LogP contribution in [0.15, 0.2) is 41.3 Å². The first-order chi connectivity index (χ1) is 13.3. The maximum absolute atomic E-state index is 12.8. The van der Waals surface area contributed by atoms with Crippen LogP contribution in [0, 0.1) is 0 Å². The highest BCUT2D eigenvalue weighted by Crippen LogP contribution is 2.33. The van der Waals surface area contributed by atoms with Crippen molar-refractivity contribution in [3.8, 4) is 0 Å². The molecule has 156 valence electrons. The van der Waals surface area contributed by atoms with Gasteiger partial charge in [-0.2, -0.15) is 13.2 Å². The van der Waals surface area contributed by atoms with E-state index in [4.69, 9.17) is 27.9 Å². The quantitative estimate of drug-likeness (QED) is 0.662. The van der Waals surface area contributed by atoms with Crippen LogP contribution >= 0.6 is 23.2 Å². The lowest BCUT2D eigenvalue weighted by Gasteiger charge is -2.12. The molecule has 0 bridgehead atoms. The molecule has 2 aromatic carbocycles. The zero-order valence-electron chi connectivity index (χ0n) is 14.5. The van der Waals surface area contributed by atoms with Gasteiger partial charge in [0.15, 0.2) is 16.4 Å². The highest BCUT2D eigenvalue weighted by Gasteiger charge is 2.31. The molecule has 0 radical (unpaired) electrons. The Morgan fingerprint density at radius 1 is 1.07 bits per heavy atom. The summed E-state index contributed by atoms with van der Waals surface area (Å²) in [6, 6.07) is 5.70. The molecule has 0 atom stereocenters. The van der Waals surface area contributed by atoms with Gasteiger partial charge in [-0.25, -0.2) is 13.2 Å². The fourth-order valence-corrected chi connectivity index (χ4v) is 3.09. The summed E-state index contributed by atoms with van der Waals surface area (Å²) >= 11 is 11.6. The number of alkyl halides is 3. The Hall–Kier alpha value is -2.30. The summed E-state index contributed by atoms with van der Waals surface area (Å²) in [6.45, 7) is -0.870. The maximum atomic E-state index is 12.8. The van der Waals surface area contributed by atoms with Crippen LogP contribution in [0.5, 0.6) is 0 Å². The zero-order chi connectivity index (χ0) is 22.0. The molecule has 29 heavy (non-hydrogen) atoms. The molecule has 1 amide bonds. The molecule has 0 saturated carbocycles. The van der Waals surface area contributed by atoms with E-state index in [-0.39, 0.29) is 26.2 Å². The molecule has 0 heterocycles. The van der Waals surface area contributed by atoms with Crippen molar-refractivity contribution in [3.63, 3.8) is 0 Å². The second kappa shape index (κ2) is 8.60. The second-order valence-electron chi connectivity index (χ2n) is 5.73. The van der Waals surface area contributed by atoms with Crippen LogP contribution in [0.4, 0.5) is 18.9 Å². The zero-order valence-corrected chi connectivity index (χ0v) is 16.8. The minimum absolute atomic E-state index is 0.108. The molecule has 0 aromatic heterocycles. The minimum atomic E-state index is -4.64. The highest BCUT2D eigenvalue weighted by atomic mass is 35.5. The van der Waals surface area contributed by atoms with E-state index in [9.17, 15) is 31.2 Å². The van der Waals surface area contributed by atoms with Crippen LogP contribution in [0.2, 0.25) is 10.0 Å². The number of carbonyl (C=O) groups excluding carboxylic acids is 2. The van der Waals surface area contributed by atoms with Gasteiger partial charge in [-0.1, -0.05) is 23.2 Å². The maximum Gasteiger partial charge on any atom is 0.416 e. The predicted octanol–water partition coefficient (Wildman–Crippen LogP) is 4.21. The van der Waals surface area contributed by atoms with E-state index in [0.717, 1.165) is 24.5 Å². The van der Waals surface area contributed by atoms with Gasteiger partial charge in [0.2, 0.25) is 0 Å². The fourth-order valence-electron chi connectivity index (χ4n) is 2.08. The van der Waals surface area contributed by atoms with Crippen LogP contribution in [0.3, 0.4) is 0 Å². The fraction of sp³-hybridized carbons (Fsp3) is 0.176. The first kappa shape index (κ1) is 23.0. The number of rotatable bonds is 5. The van der Waals surface area contributed by atoms with Gasteiger partial charge in [-0.05, 0) is 36.4 Å². The number of sulfone groups is 1. The number of anilines is 1. The molecule has 0 saturated heterocycles. The average molecular weight is 470 g/mol. The van der Waals surface area contributed by atoms with Gasteiger partial charge in [-0.3, -0.25) is 4.79 Å². The molecule has 2 rings (SSSR count). The molecule has 6 nitrogen and oxygen atoms in total. The normalized spacial score (nSPS) is 11.8. The lowest BCUT2D eigenvalue weighted by Crippen LogP contribution is -2.21. The largest absolute Gasteiger partial charge is 0.452 e. The second-order valence-corrected chi connectivity index (χ2v) is 8.56. The molecule has 0 fully saturated rings. The third-order valence-corrected chi connectivity index (χ3v) is 5.26. The van der Waals surface area contributed by atoms with Gasteiger partial charge in [0.05, 0.1) is 31.8 Å². The number of hydrogen-bond donors (Lipinski definition) is 1. The Labute approximate surface area is 173 Å². The minimum Gasteiger partial charge on any atom is -0.452 e. The van der Waals surface area contributed by atoms with Crippen molar-refractivity contribution in [2.24, 2.45) is 0 Å². The highest BCUT2D eigenvalue weighted by molar-refractivity contribution is 7.90. The smallest absolute Gasteiger partial charge is 0.416 e. The Bertz CT molecular complexity index is 1070. The predicted molar refractivity (Wildman–Crippen MR) is 99.9 cm³/mol. The standard InChI is InChI=1S/C17H12Cl2F3NO5S/c1-29(26,27)10-3-5-12(18)11(7-10)16(25)28-8-15(24)23-14-6-9(17(20,21)22)2-4-13(14)19/h2-7H,8H2,1H3,(H,23,24). The van der Waals surface area contributed by atoms with Crippen molar-refractivity contribution >= 4 is 50.6 Å². The first-order valence-corrected chi connectivity index (χ1v) is 10.3. The SMILES string of the molecule is CS(=O)(=O)c1ccc(Cl)c(C(=O)OCC(=O)Nc2cc(C(F)(F)F)ccc2Cl)c1. The molecule has 0 aliphatic carbocycles. The summed E-state index contributed by atoms with van der Waals surface area (Å²) < 4.78 is 66.1. The summed E-state index contributed by atoms with van der Waals surface area (Å²) in [6.07, 6.45) is -3.71. The van der Waals surface area contributed by atoms with Crippen molar-refractivity contribution in [1.29, 1.82) is 0 Å². The molecule has 0 aliphatic rings. The van der Waals surface area contributed by atoms with Crippen LogP contribution in [0.1, 0.15) is 15.9 Å². The lowest BCUT2D eigenvalue weighted by molar-refractivity contribution is -0.137. The van der Waals surface area contributed by atoms with E-state index in [1.807, 2.05) is 0 Å². The van der Waals surface area contributed by atoms with E-state index in [1.165, 1.54) is 12.1 Å². The Kier molecular flexibility index (Phi) is 6.82. The number of amides is 1. The van der Waals surface area contributed by atoms with E-state index >= 15 is 0 Å². The van der Waals surface area contributed by atoms with E-state index in [1.54, 1.807) is 0 Å². The molecule has 2 aromatic rings. The van der Waals surface area contributed by atoms with Crippen LogP contribution in [-0.4, -0.2) is 33.2 Å². The van der Waals surface area contributed by atoms with E-state index in [2.05, 4.69) is 5.32 Å². The lowest BCUT2D eigenvalue weighted by atomic mass is 10.2. The van der Waals surface area contributed by atoms with E-state index in [0.29, 0.717) is 6.07 Å². The number of hydrogen-bond acceptors (Lipinski definition) is 5. The summed E-state index contributed by atoms with van der Waals surface area (Å²) in [5.74, 6) is -2.05. The molecule has 0 aliphatic heterocycles. The number of halogens is 5. The average Bonchev–Trinajstić information content (AvgIpc) is 2.60. The topological polar surface area (TPSA) is 89.5 Å². The molecular formula is C17H12Cl2F3NO5S. The molecule has 1 N–H and O–H groups in total. The van der Waals surface area contributed by atoms with Gasteiger partial charge >= 0.3 is 12.1 Å². The summed E-state index contributed by atoms with van der Waals surface area (Å²) in [7, 11) is -3.62. The Morgan fingerprint density at radius 2 is 1.69 bits per heavy atom. The third kappa shape index (κ3) is 6.09. The molecule has 0 unspecified atom stereocenters. The Balaban J connectivity index is 2.10. The number of benzene rings is 2. The van der Waals surface area contributed by atoms with Crippen LogP contribution in [-0.2, 0) is 25.5 Å². The van der Waals surface area contributed by atoms with Crippen molar-refractivity contribution in [3.05, 3.63) is 57.6 Å². The monoisotopic (exact) mass is 469 g/mol. The van der Waals surface area contributed by atoms with Gasteiger partial charge in [0.25, 0.3) is 5.91 Å². The summed E-state index contributed by atoms with van der Waals surface area (Å²) in [5, 5.41) is 1.84. The summed E-state index contributed by atoms with van der Waals surface area (Å²) in [5.41, 5.74) is -1.64. The number of ether oxygens (including phenoxy) is 1. The van der Waals surface area contributed by atoms with Crippen LogP contribution < -0.4 is 5.32 Å². The number of esters is 1. The van der Waals surface area contributed by atoms with Crippen molar-refractivity contribution in [1.82, 2.24) is 0 Å². The molecular weight excluding hydrogens is 458 g/mol. The van der Waals surface area contributed by atoms with Crippen LogP contribution in [0.25, 0.3) is 0 Å². The van der Waals surface area contributed by atoms with Crippen molar-refractivity contribution < 1.29 is 35.9 Å². The van der Waals surface area contributed by atoms with E-state index < -0.39 is 40.1 Å².